The Balaban J connectivity index is 2.21. The first-order valence-corrected chi connectivity index (χ1v) is 7.49. The molecule has 0 spiro atoms. The first-order chi connectivity index (χ1) is 10.0. The van der Waals surface area contributed by atoms with Gasteiger partial charge in [-0.05, 0) is 24.6 Å². The Hall–Kier alpha value is -1.89. The van der Waals surface area contributed by atoms with Gasteiger partial charge in [-0.15, -0.1) is 0 Å². The number of halogens is 1. The lowest BCUT2D eigenvalue weighted by atomic mass is 10.1. The summed E-state index contributed by atoms with van der Waals surface area (Å²) in [5.41, 5.74) is 0.929. The Morgan fingerprint density at radius 2 is 2.24 bits per heavy atom. The molecule has 0 saturated heterocycles. The van der Waals surface area contributed by atoms with Crippen LogP contribution in [0.15, 0.2) is 22.7 Å². The second-order valence-corrected chi connectivity index (χ2v) is 5.68. The number of carbonyl (C=O) groups excluding carboxylic acids is 1. The molecule has 0 aliphatic rings. The summed E-state index contributed by atoms with van der Waals surface area (Å²) in [7, 11) is 0. The molecular formula is C14H16BrN3O3. The van der Waals surface area contributed by atoms with Crippen molar-refractivity contribution in [2.24, 2.45) is 0 Å². The summed E-state index contributed by atoms with van der Waals surface area (Å²) in [6, 6.07) is 4.52. The fourth-order valence-corrected chi connectivity index (χ4v) is 2.41. The third-order valence-corrected chi connectivity index (χ3v) is 3.68. The zero-order valence-electron chi connectivity index (χ0n) is 11.5. The molecule has 0 unspecified atom stereocenters. The number of carboxylic acids is 1. The number of amides is 1. The molecule has 0 aliphatic heterocycles. The monoisotopic (exact) mass is 353 g/mol. The van der Waals surface area contributed by atoms with Crippen molar-refractivity contribution in [1.29, 1.82) is 0 Å². The van der Waals surface area contributed by atoms with Gasteiger partial charge < -0.3 is 10.4 Å². The lowest BCUT2D eigenvalue weighted by Crippen LogP contribution is -2.40. The maximum Gasteiger partial charge on any atom is 0.326 e. The molecule has 7 heteroatoms. The van der Waals surface area contributed by atoms with E-state index in [4.69, 9.17) is 5.11 Å². The van der Waals surface area contributed by atoms with Gasteiger partial charge in [0.25, 0.3) is 5.91 Å². The molecule has 112 valence electrons. The molecule has 0 bridgehead atoms. The fourth-order valence-electron chi connectivity index (χ4n) is 2.05. The summed E-state index contributed by atoms with van der Waals surface area (Å²) in [5, 5.41) is 19.1. The Labute approximate surface area is 130 Å². The molecule has 1 aromatic carbocycles. The van der Waals surface area contributed by atoms with E-state index in [2.05, 4.69) is 31.4 Å². The molecule has 0 radical (unpaired) electrons. The topological polar surface area (TPSA) is 95.1 Å². The average molecular weight is 354 g/mol. The van der Waals surface area contributed by atoms with Crippen LogP contribution in [-0.4, -0.2) is 33.2 Å². The second-order valence-electron chi connectivity index (χ2n) is 4.77. The molecule has 0 fully saturated rings. The van der Waals surface area contributed by atoms with Crippen molar-refractivity contribution in [3.63, 3.8) is 0 Å². The molecule has 1 heterocycles. The van der Waals surface area contributed by atoms with Crippen molar-refractivity contribution in [3.8, 4) is 0 Å². The van der Waals surface area contributed by atoms with E-state index < -0.39 is 17.9 Å². The van der Waals surface area contributed by atoms with Gasteiger partial charge in [-0.3, -0.25) is 9.89 Å². The summed E-state index contributed by atoms with van der Waals surface area (Å²) in [6.45, 7) is 1.97. The maximum atomic E-state index is 12.2. The van der Waals surface area contributed by atoms with Gasteiger partial charge in [0, 0.05) is 9.86 Å². The number of hydrogen-bond acceptors (Lipinski definition) is 3. The third kappa shape index (κ3) is 3.60. The van der Waals surface area contributed by atoms with Crippen LogP contribution >= 0.6 is 15.9 Å². The first-order valence-electron chi connectivity index (χ1n) is 6.70. The van der Waals surface area contributed by atoms with Crippen LogP contribution < -0.4 is 5.32 Å². The van der Waals surface area contributed by atoms with Crippen LogP contribution in [0.2, 0.25) is 0 Å². The number of fused-ring (bicyclic) bond motifs is 1. The highest BCUT2D eigenvalue weighted by Crippen LogP contribution is 2.21. The minimum atomic E-state index is -1.03. The second kappa shape index (κ2) is 6.71. The number of carboxylic acid groups (broad SMARTS) is 1. The number of nitrogens with one attached hydrogen (secondary N) is 2. The lowest BCUT2D eigenvalue weighted by molar-refractivity contribution is -0.139. The highest BCUT2D eigenvalue weighted by Gasteiger charge is 2.22. The van der Waals surface area contributed by atoms with Crippen LogP contribution in [0, 0.1) is 0 Å². The van der Waals surface area contributed by atoms with E-state index in [9.17, 15) is 9.59 Å². The molecule has 0 aliphatic carbocycles. The van der Waals surface area contributed by atoms with Gasteiger partial charge in [0.2, 0.25) is 0 Å². The van der Waals surface area contributed by atoms with E-state index >= 15 is 0 Å². The number of unbranched alkanes of at least 4 members (excludes halogenated alkanes) is 1. The molecule has 3 N–H and O–H groups in total. The van der Waals surface area contributed by atoms with E-state index in [1.165, 1.54) is 0 Å². The van der Waals surface area contributed by atoms with Crippen molar-refractivity contribution >= 4 is 38.7 Å². The standard InChI is InChI=1S/C14H16BrN3O3/c1-2-3-4-11(14(20)21)16-13(19)12-9-7-8(15)5-6-10(9)17-18-12/h5-7,11H,2-4H2,1H3,(H,16,19)(H,17,18)(H,20,21)/t11-/m0/s1. The summed E-state index contributed by atoms with van der Waals surface area (Å²) in [4.78, 5) is 23.4. The molecule has 6 nitrogen and oxygen atoms in total. The molecule has 1 aromatic heterocycles. The number of hydrogen-bond donors (Lipinski definition) is 3. The van der Waals surface area contributed by atoms with Crippen LogP contribution in [0.4, 0.5) is 0 Å². The number of aromatic nitrogens is 2. The van der Waals surface area contributed by atoms with E-state index in [0.29, 0.717) is 11.8 Å². The van der Waals surface area contributed by atoms with Crippen LogP contribution in [-0.2, 0) is 4.79 Å². The van der Waals surface area contributed by atoms with E-state index in [0.717, 1.165) is 22.8 Å². The van der Waals surface area contributed by atoms with Crippen molar-refractivity contribution in [2.45, 2.75) is 32.2 Å². The summed E-state index contributed by atoms with van der Waals surface area (Å²) >= 11 is 3.34. The normalized spacial score (nSPS) is 12.3. The van der Waals surface area contributed by atoms with Crippen LogP contribution in [0.25, 0.3) is 10.9 Å². The van der Waals surface area contributed by atoms with Crippen molar-refractivity contribution < 1.29 is 14.7 Å². The lowest BCUT2D eigenvalue weighted by Gasteiger charge is -2.13. The molecule has 0 saturated carbocycles. The Morgan fingerprint density at radius 3 is 2.90 bits per heavy atom. The zero-order valence-corrected chi connectivity index (χ0v) is 13.1. The van der Waals surface area contributed by atoms with Crippen LogP contribution in [0.3, 0.4) is 0 Å². The Kier molecular flexibility index (Phi) is 4.95. The Morgan fingerprint density at radius 1 is 1.48 bits per heavy atom. The van der Waals surface area contributed by atoms with Gasteiger partial charge in [0.1, 0.15) is 6.04 Å². The van der Waals surface area contributed by atoms with E-state index in [-0.39, 0.29) is 5.69 Å². The highest BCUT2D eigenvalue weighted by atomic mass is 79.9. The summed E-state index contributed by atoms with van der Waals surface area (Å²) in [5.74, 6) is -1.51. The SMILES string of the molecule is CCCC[C@H](NC(=O)c1n[nH]c2ccc(Br)cc12)C(=O)O. The minimum Gasteiger partial charge on any atom is -0.480 e. The Bertz CT molecular complexity index is 669. The molecule has 2 aromatic rings. The van der Waals surface area contributed by atoms with Crippen LogP contribution in [0.5, 0.6) is 0 Å². The van der Waals surface area contributed by atoms with Gasteiger partial charge in [-0.2, -0.15) is 5.10 Å². The number of benzene rings is 1. The van der Waals surface area contributed by atoms with Crippen molar-refractivity contribution in [1.82, 2.24) is 15.5 Å². The number of H-pyrrole nitrogens is 1. The van der Waals surface area contributed by atoms with Gasteiger partial charge in [0.05, 0.1) is 5.52 Å². The largest absolute Gasteiger partial charge is 0.480 e. The van der Waals surface area contributed by atoms with E-state index in [1.54, 1.807) is 12.1 Å². The van der Waals surface area contributed by atoms with Crippen molar-refractivity contribution in [2.75, 3.05) is 0 Å². The maximum absolute atomic E-state index is 12.2. The molecule has 2 rings (SSSR count). The molecule has 21 heavy (non-hydrogen) atoms. The molecule has 1 atom stereocenters. The number of aliphatic carboxylic acids is 1. The third-order valence-electron chi connectivity index (χ3n) is 3.19. The summed E-state index contributed by atoms with van der Waals surface area (Å²) in [6.07, 6.45) is 2.02. The van der Waals surface area contributed by atoms with Gasteiger partial charge >= 0.3 is 5.97 Å². The number of nitrogens with zero attached hydrogens (tertiary/aromatic N) is 1. The van der Waals surface area contributed by atoms with E-state index in [1.807, 2.05) is 13.0 Å². The van der Waals surface area contributed by atoms with Gasteiger partial charge in [0.15, 0.2) is 5.69 Å². The smallest absolute Gasteiger partial charge is 0.326 e. The number of rotatable bonds is 6. The predicted molar refractivity (Wildman–Crippen MR) is 82.2 cm³/mol. The minimum absolute atomic E-state index is 0.203. The first kappa shape index (κ1) is 15.5. The molecule has 1 amide bonds. The number of carbonyl (C=O) groups is 2. The number of aromatic amines is 1. The van der Waals surface area contributed by atoms with Gasteiger partial charge in [-0.1, -0.05) is 35.7 Å². The fraction of sp³-hybridized carbons (Fsp3) is 0.357. The average Bonchev–Trinajstić information content (AvgIpc) is 2.85. The van der Waals surface area contributed by atoms with Crippen LogP contribution in [0.1, 0.15) is 36.7 Å². The zero-order chi connectivity index (χ0) is 15.4. The molecular weight excluding hydrogens is 338 g/mol. The van der Waals surface area contributed by atoms with Gasteiger partial charge in [-0.25, -0.2) is 4.79 Å². The predicted octanol–water partition coefficient (Wildman–Crippen LogP) is 2.70. The quantitative estimate of drug-likeness (QED) is 0.743. The van der Waals surface area contributed by atoms with Crippen molar-refractivity contribution in [3.05, 3.63) is 28.4 Å². The highest BCUT2D eigenvalue weighted by molar-refractivity contribution is 9.10. The summed E-state index contributed by atoms with van der Waals surface area (Å²) < 4.78 is 0.825.